The quantitative estimate of drug-likeness (QED) is 0.632. The van der Waals surface area contributed by atoms with Gasteiger partial charge in [-0.2, -0.15) is 13.2 Å². The first-order chi connectivity index (χ1) is 9.29. The number of methoxy groups -OCH3 is 2. The van der Waals surface area contributed by atoms with E-state index in [1.807, 2.05) is 0 Å². The van der Waals surface area contributed by atoms with Crippen LogP contribution in [0.15, 0.2) is 18.2 Å². The molecule has 0 spiro atoms. The summed E-state index contributed by atoms with van der Waals surface area (Å²) >= 11 is 0. The third-order valence-corrected chi connectivity index (χ3v) is 3.36. The molecule has 1 aromatic carbocycles. The molecule has 0 radical (unpaired) electrons. The minimum Gasteiger partial charge on any atom is -0.497 e. The van der Waals surface area contributed by atoms with E-state index in [-0.39, 0.29) is 5.56 Å². The van der Waals surface area contributed by atoms with Crippen molar-refractivity contribution in [1.29, 1.82) is 0 Å². The van der Waals surface area contributed by atoms with Gasteiger partial charge in [0.05, 0.1) is 20.1 Å². The predicted molar refractivity (Wildman–Crippen MR) is 62.6 cm³/mol. The molecule has 0 bridgehead atoms. The van der Waals surface area contributed by atoms with Crippen LogP contribution in [0.25, 0.3) is 0 Å². The van der Waals surface area contributed by atoms with Gasteiger partial charge in [0.15, 0.2) is 0 Å². The molecule has 1 fully saturated rings. The van der Waals surface area contributed by atoms with Crippen LogP contribution in [0.5, 0.6) is 11.5 Å². The highest BCUT2D eigenvalue weighted by molar-refractivity contribution is 5.43. The van der Waals surface area contributed by atoms with Gasteiger partial charge in [-0.25, -0.2) is 0 Å². The molecule has 0 aromatic heterocycles. The molecule has 1 saturated carbocycles. The van der Waals surface area contributed by atoms with Gasteiger partial charge in [-0.05, 0) is 17.7 Å². The van der Waals surface area contributed by atoms with Crippen LogP contribution in [0.1, 0.15) is 11.5 Å². The average molecular weight is 291 g/mol. The first kappa shape index (κ1) is 14.4. The Morgan fingerprint density at radius 3 is 1.95 bits per heavy atom. The number of benzene rings is 1. The SMILES string of the molecule is COc1cc(OC)cc([C@H]2[C@H]([N+](=O)[O-])[C@H]2C(F)(F)F)c1. The van der Waals surface area contributed by atoms with Crippen molar-refractivity contribution >= 4 is 0 Å². The highest BCUT2D eigenvalue weighted by Gasteiger charge is 2.73. The van der Waals surface area contributed by atoms with Gasteiger partial charge < -0.3 is 9.47 Å². The van der Waals surface area contributed by atoms with E-state index in [0.29, 0.717) is 11.5 Å². The fraction of sp³-hybridized carbons (Fsp3) is 0.500. The maximum atomic E-state index is 12.8. The monoisotopic (exact) mass is 291 g/mol. The lowest BCUT2D eigenvalue weighted by atomic mass is 10.1. The van der Waals surface area contributed by atoms with Crippen molar-refractivity contribution in [2.45, 2.75) is 18.1 Å². The molecule has 5 nitrogen and oxygen atoms in total. The van der Waals surface area contributed by atoms with E-state index in [0.717, 1.165) is 0 Å². The molecule has 2 rings (SSSR count). The zero-order valence-corrected chi connectivity index (χ0v) is 10.7. The van der Waals surface area contributed by atoms with Gasteiger partial charge in [0.25, 0.3) is 0 Å². The number of halogens is 3. The van der Waals surface area contributed by atoms with Crippen LogP contribution < -0.4 is 9.47 Å². The summed E-state index contributed by atoms with van der Waals surface area (Å²) in [5.41, 5.74) is 0.199. The second kappa shape index (κ2) is 4.84. The van der Waals surface area contributed by atoms with Crippen molar-refractivity contribution in [3.05, 3.63) is 33.9 Å². The molecule has 0 amide bonds. The largest absolute Gasteiger partial charge is 0.497 e. The molecule has 0 N–H and O–H groups in total. The summed E-state index contributed by atoms with van der Waals surface area (Å²) in [5, 5.41) is 10.8. The second-order valence-electron chi connectivity index (χ2n) is 4.52. The lowest BCUT2D eigenvalue weighted by Gasteiger charge is -2.08. The molecule has 0 aliphatic heterocycles. The van der Waals surface area contributed by atoms with E-state index in [1.165, 1.54) is 32.4 Å². The first-order valence-corrected chi connectivity index (χ1v) is 5.72. The molecule has 1 aliphatic carbocycles. The number of rotatable bonds is 4. The summed E-state index contributed by atoms with van der Waals surface area (Å²) in [5.74, 6) is -2.56. The molecule has 0 unspecified atom stereocenters. The number of hydrogen-bond donors (Lipinski definition) is 0. The van der Waals surface area contributed by atoms with Gasteiger partial charge in [-0.3, -0.25) is 10.1 Å². The molecular formula is C12H12F3NO4. The third-order valence-electron chi connectivity index (χ3n) is 3.36. The van der Waals surface area contributed by atoms with Crippen molar-refractivity contribution in [2.24, 2.45) is 5.92 Å². The van der Waals surface area contributed by atoms with Crippen molar-refractivity contribution in [3.63, 3.8) is 0 Å². The molecule has 0 heterocycles. The highest BCUT2D eigenvalue weighted by Crippen LogP contribution is 2.58. The average Bonchev–Trinajstić information content (AvgIpc) is 3.13. The maximum absolute atomic E-state index is 12.8. The van der Waals surface area contributed by atoms with Crippen LogP contribution in [0.4, 0.5) is 13.2 Å². The van der Waals surface area contributed by atoms with E-state index in [1.54, 1.807) is 0 Å². The fourth-order valence-corrected chi connectivity index (χ4v) is 2.38. The smallest absolute Gasteiger partial charge is 0.399 e. The Morgan fingerprint density at radius 2 is 1.65 bits per heavy atom. The normalized spacial score (nSPS) is 25.1. The van der Waals surface area contributed by atoms with Crippen molar-refractivity contribution in [1.82, 2.24) is 0 Å². The zero-order valence-electron chi connectivity index (χ0n) is 10.7. The molecular weight excluding hydrogens is 279 g/mol. The molecule has 8 heteroatoms. The van der Waals surface area contributed by atoms with E-state index < -0.39 is 29.0 Å². The summed E-state index contributed by atoms with van der Waals surface area (Å²) in [7, 11) is 2.72. The minimum absolute atomic E-state index is 0.199. The second-order valence-corrected chi connectivity index (χ2v) is 4.52. The van der Waals surface area contributed by atoms with Crippen molar-refractivity contribution in [2.75, 3.05) is 14.2 Å². The van der Waals surface area contributed by atoms with Crippen molar-refractivity contribution < 1.29 is 27.6 Å². The van der Waals surface area contributed by atoms with Gasteiger partial charge in [-0.1, -0.05) is 0 Å². The predicted octanol–water partition coefficient (Wildman–Crippen LogP) is 2.62. The molecule has 110 valence electrons. The number of ether oxygens (including phenoxy) is 2. The maximum Gasteiger partial charge on any atom is 0.399 e. The Morgan fingerprint density at radius 1 is 1.15 bits per heavy atom. The minimum atomic E-state index is -4.60. The van der Waals surface area contributed by atoms with E-state index in [9.17, 15) is 23.3 Å². The zero-order chi connectivity index (χ0) is 15.1. The van der Waals surface area contributed by atoms with E-state index in [4.69, 9.17) is 9.47 Å². The molecule has 1 aromatic rings. The summed E-state index contributed by atoms with van der Waals surface area (Å²) in [6.45, 7) is 0. The highest BCUT2D eigenvalue weighted by atomic mass is 19.4. The van der Waals surface area contributed by atoms with Crippen LogP contribution in [0.3, 0.4) is 0 Å². The van der Waals surface area contributed by atoms with E-state index in [2.05, 4.69) is 0 Å². The molecule has 0 saturated heterocycles. The summed E-state index contributed by atoms with van der Waals surface area (Å²) in [4.78, 5) is 9.87. The Labute approximate surface area is 112 Å². The van der Waals surface area contributed by atoms with Crippen LogP contribution >= 0.6 is 0 Å². The number of nitrogens with zero attached hydrogens (tertiary/aromatic N) is 1. The number of nitro groups is 1. The summed E-state index contributed by atoms with van der Waals surface area (Å²) in [6.07, 6.45) is -4.60. The first-order valence-electron chi connectivity index (χ1n) is 5.72. The van der Waals surface area contributed by atoms with Crippen molar-refractivity contribution in [3.8, 4) is 11.5 Å². The lowest BCUT2D eigenvalue weighted by Crippen LogP contribution is -2.17. The number of hydrogen-bond acceptors (Lipinski definition) is 4. The van der Waals surface area contributed by atoms with Crippen LogP contribution in [0, 0.1) is 16.0 Å². The standard InChI is InChI=1S/C12H12F3NO4/c1-19-7-3-6(4-8(5-7)20-2)9-10(12(13,14)15)11(9)16(17)18/h3-5,9-11H,1-2H3/t9-,10+,11+/m1/s1. The molecule has 3 atom stereocenters. The van der Waals surface area contributed by atoms with Gasteiger partial charge in [-0.15, -0.1) is 0 Å². The van der Waals surface area contributed by atoms with Crippen LogP contribution in [-0.2, 0) is 0 Å². The topological polar surface area (TPSA) is 61.6 Å². The Kier molecular flexibility index (Phi) is 3.49. The molecule has 20 heavy (non-hydrogen) atoms. The molecule has 1 aliphatic rings. The Bertz CT molecular complexity index is 510. The third kappa shape index (κ3) is 2.50. The van der Waals surface area contributed by atoms with Crippen LogP contribution in [-0.4, -0.2) is 31.4 Å². The Balaban J connectivity index is 2.38. The van der Waals surface area contributed by atoms with Gasteiger partial charge in [0.1, 0.15) is 17.4 Å². The Hall–Kier alpha value is -1.99. The van der Waals surface area contributed by atoms with Crippen LogP contribution in [0.2, 0.25) is 0 Å². The summed E-state index contributed by atoms with van der Waals surface area (Å²) < 4.78 is 48.3. The van der Waals surface area contributed by atoms with Gasteiger partial charge >= 0.3 is 6.18 Å². The van der Waals surface area contributed by atoms with Gasteiger partial charge in [0.2, 0.25) is 6.04 Å². The lowest BCUT2D eigenvalue weighted by molar-refractivity contribution is -0.503. The number of alkyl halides is 3. The van der Waals surface area contributed by atoms with E-state index >= 15 is 0 Å². The summed E-state index contributed by atoms with van der Waals surface area (Å²) in [6, 6.07) is 2.59. The van der Waals surface area contributed by atoms with Gasteiger partial charge in [0, 0.05) is 11.0 Å². The fourth-order valence-electron chi connectivity index (χ4n) is 2.38.